The van der Waals surface area contributed by atoms with E-state index in [2.05, 4.69) is 58.5 Å². The Morgan fingerprint density at radius 3 is 2.06 bits per heavy atom. The highest BCUT2D eigenvalue weighted by molar-refractivity contribution is 5.79. The number of para-hydroxylation sites is 3. The Hall–Kier alpha value is -4.44. The molecule has 0 bridgehead atoms. The molecule has 4 aromatic carbocycles. The van der Waals surface area contributed by atoms with E-state index in [0.717, 1.165) is 51.0 Å². The molecule has 4 heteroatoms. The van der Waals surface area contributed by atoms with Crippen LogP contribution >= 0.6 is 0 Å². The molecular weight excluding hydrogens is 404 g/mol. The van der Waals surface area contributed by atoms with Gasteiger partial charge in [-0.15, -0.1) is 0 Å². The Kier molecular flexibility index (Phi) is 4.81. The molecule has 0 aliphatic carbocycles. The predicted molar refractivity (Wildman–Crippen MR) is 133 cm³/mol. The van der Waals surface area contributed by atoms with Crippen molar-refractivity contribution in [3.8, 4) is 22.6 Å². The minimum absolute atomic E-state index is 0.746. The van der Waals surface area contributed by atoms with E-state index in [-0.39, 0.29) is 0 Å². The maximum atomic E-state index is 4.79. The summed E-state index contributed by atoms with van der Waals surface area (Å²) < 4.78 is 0. The summed E-state index contributed by atoms with van der Waals surface area (Å²) in [5.41, 5.74) is 8.18. The monoisotopic (exact) mass is 424 g/mol. The first-order valence-electron chi connectivity index (χ1n) is 10.9. The third-order valence-electron chi connectivity index (χ3n) is 5.75. The van der Waals surface area contributed by atoms with E-state index in [9.17, 15) is 0 Å². The highest BCUT2D eigenvalue weighted by Crippen LogP contribution is 2.24. The molecule has 33 heavy (non-hydrogen) atoms. The van der Waals surface area contributed by atoms with E-state index >= 15 is 0 Å². The molecular formula is C29H20N4. The molecule has 0 radical (unpaired) electrons. The van der Waals surface area contributed by atoms with Crippen LogP contribution in [0.15, 0.2) is 109 Å². The molecule has 0 saturated carbocycles. The Bertz CT molecular complexity index is 1490. The highest BCUT2D eigenvalue weighted by atomic mass is 14.9. The quantitative estimate of drug-likeness (QED) is 0.324. The summed E-state index contributed by atoms with van der Waals surface area (Å²) in [7, 11) is 0. The fraction of sp³-hybridized carbons (Fsp3) is 0.0345. The number of hydrogen-bond donors (Lipinski definition) is 0. The van der Waals surface area contributed by atoms with E-state index in [1.165, 1.54) is 11.1 Å². The van der Waals surface area contributed by atoms with E-state index in [1.807, 2.05) is 60.9 Å². The molecule has 0 aliphatic rings. The molecule has 0 aliphatic heterocycles. The van der Waals surface area contributed by atoms with Crippen molar-refractivity contribution in [2.45, 2.75) is 6.42 Å². The second-order valence-corrected chi connectivity index (χ2v) is 8.07. The standard InChI is InChI=1S/C29H20N4/c1-2-12-25-24(9-1)18-31-29(33-25)23-11-6-8-21(17-23)15-20-7-5-10-22(16-20)28-19-30-26-13-3-4-14-27(26)32-28/h1-14,16-19H,15H2. The number of aromatic nitrogens is 4. The van der Waals surface area contributed by atoms with Gasteiger partial charge in [-0.3, -0.25) is 4.98 Å². The first-order valence-corrected chi connectivity index (χ1v) is 10.9. The summed E-state index contributed by atoms with van der Waals surface area (Å²) in [5.74, 6) is 0.746. The van der Waals surface area contributed by atoms with Crippen molar-refractivity contribution in [3.05, 3.63) is 121 Å². The summed E-state index contributed by atoms with van der Waals surface area (Å²) in [6, 6.07) is 33.0. The van der Waals surface area contributed by atoms with Crippen molar-refractivity contribution < 1.29 is 0 Å². The summed E-state index contributed by atoms with van der Waals surface area (Å²) in [6.07, 6.45) is 4.55. The third kappa shape index (κ3) is 3.94. The number of benzene rings is 4. The SMILES string of the molecule is c1cc(Cc2cccc(-c3ncc4ccccc4n3)c2)cc(-c2cnc3ccccc3n2)c1. The van der Waals surface area contributed by atoms with E-state index in [4.69, 9.17) is 9.97 Å². The Labute approximate surface area is 191 Å². The summed E-state index contributed by atoms with van der Waals surface area (Å²) in [6.45, 7) is 0. The molecule has 2 aromatic heterocycles. The fourth-order valence-corrected chi connectivity index (χ4v) is 4.10. The number of rotatable bonds is 4. The Morgan fingerprint density at radius 1 is 0.515 bits per heavy atom. The molecule has 0 unspecified atom stereocenters. The zero-order chi connectivity index (χ0) is 22.0. The highest BCUT2D eigenvalue weighted by Gasteiger charge is 2.07. The van der Waals surface area contributed by atoms with Gasteiger partial charge in [-0.05, 0) is 47.9 Å². The van der Waals surface area contributed by atoms with Gasteiger partial charge in [-0.2, -0.15) is 0 Å². The van der Waals surface area contributed by atoms with Gasteiger partial charge in [-0.25, -0.2) is 15.0 Å². The van der Waals surface area contributed by atoms with Gasteiger partial charge in [0.1, 0.15) is 0 Å². The van der Waals surface area contributed by atoms with E-state index in [0.29, 0.717) is 0 Å². The molecule has 0 saturated heterocycles. The van der Waals surface area contributed by atoms with Crippen molar-refractivity contribution in [1.29, 1.82) is 0 Å². The van der Waals surface area contributed by atoms with Crippen LogP contribution in [0.1, 0.15) is 11.1 Å². The van der Waals surface area contributed by atoms with Crippen LogP contribution in [-0.2, 0) is 6.42 Å². The maximum absolute atomic E-state index is 4.79. The lowest BCUT2D eigenvalue weighted by atomic mass is 10.00. The van der Waals surface area contributed by atoms with Gasteiger partial charge in [0, 0.05) is 22.7 Å². The molecule has 0 amide bonds. The zero-order valence-electron chi connectivity index (χ0n) is 17.9. The molecule has 156 valence electrons. The van der Waals surface area contributed by atoms with E-state index in [1.54, 1.807) is 0 Å². The topological polar surface area (TPSA) is 51.6 Å². The first-order chi connectivity index (χ1) is 16.3. The van der Waals surface area contributed by atoms with Gasteiger partial charge in [0.25, 0.3) is 0 Å². The lowest BCUT2D eigenvalue weighted by Crippen LogP contribution is -1.94. The summed E-state index contributed by atoms with van der Waals surface area (Å²) >= 11 is 0. The minimum Gasteiger partial charge on any atom is -0.252 e. The van der Waals surface area contributed by atoms with Gasteiger partial charge in [0.2, 0.25) is 0 Å². The average molecular weight is 425 g/mol. The van der Waals surface area contributed by atoms with E-state index < -0.39 is 0 Å². The van der Waals surface area contributed by atoms with Crippen molar-refractivity contribution in [2.75, 3.05) is 0 Å². The lowest BCUT2D eigenvalue weighted by Gasteiger charge is -2.08. The van der Waals surface area contributed by atoms with Gasteiger partial charge in [0.05, 0.1) is 28.4 Å². The largest absolute Gasteiger partial charge is 0.252 e. The molecule has 2 heterocycles. The minimum atomic E-state index is 0.746. The molecule has 0 N–H and O–H groups in total. The molecule has 4 nitrogen and oxygen atoms in total. The lowest BCUT2D eigenvalue weighted by molar-refractivity contribution is 1.17. The van der Waals surface area contributed by atoms with Crippen LogP contribution in [0.4, 0.5) is 0 Å². The third-order valence-corrected chi connectivity index (χ3v) is 5.75. The molecule has 0 spiro atoms. The normalized spacial score (nSPS) is 11.2. The first kappa shape index (κ1) is 19.3. The Balaban J connectivity index is 1.30. The summed E-state index contributed by atoms with van der Waals surface area (Å²) in [4.78, 5) is 18.7. The maximum Gasteiger partial charge on any atom is 0.159 e. The second-order valence-electron chi connectivity index (χ2n) is 8.07. The molecule has 0 atom stereocenters. The smallest absolute Gasteiger partial charge is 0.159 e. The van der Waals surface area contributed by atoms with Gasteiger partial charge < -0.3 is 0 Å². The predicted octanol–water partition coefficient (Wildman–Crippen LogP) is 6.50. The van der Waals surface area contributed by atoms with Gasteiger partial charge >= 0.3 is 0 Å². The Morgan fingerprint density at radius 2 is 1.21 bits per heavy atom. The van der Waals surface area contributed by atoms with Gasteiger partial charge in [-0.1, -0.05) is 66.7 Å². The average Bonchev–Trinajstić information content (AvgIpc) is 2.88. The van der Waals surface area contributed by atoms with Crippen molar-refractivity contribution in [1.82, 2.24) is 19.9 Å². The van der Waals surface area contributed by atoms with Crippen LogP contribution in [0.25, 0.3) is 44.6 Å². The number of nitrogens with zero attached hydrogens (tertiary/aromatic N) is 4. The van der Waals surface area contributed by atoms with Crippen LogP contribution < -0.4 is 0 Å². The zero-order valence-corrected chi connectivity index (χ0v) is 17.9. The number of fused-ring (bicyclic) bond motifs is 2. The molecule has 6 aromatic rings. The van der Waals surface area contributed by atoms with Crippen molar-refractivity contribution in [2.24, 2.45) is 0 Å². The van der Waals surface area contributed by atoms with Crippen molar-refractivity contribution in [3.63, 3.8) is 0 Å². The summed E-state index contributed by atoms with van der Waals surface area (Å²) in [5, 5.41) is 1.05. The van der Waals surface area contributed by atoms with Crippen molar-refractivity contribution >= 4 is 21.9 Å². The van der Waals surface area contributed by atoms with Crippen LogP contribution in [0.3, 0.4) is 0 Å². The van der Waals surface area contributed by atoms with Crippen LogP contribution in [0, 0.1) is 0 Å². The van der Waals surface area contributed by atoms with Crippen LogP contribution in [0.2, 0.25) is 0 Å². The fourth-order valence-electron chi connectivity index (χ4n) is 4.10. The second kappa shape index (κ2) is 8.24. The van der Waals surface area contributed by atoms with Crippen LogP contribution in [0.5, 0.6) is 0 Å². The number of hydrogen-bond acceptors (Lipinski definition) is 4. The van der Waals surface area contributed by atoms with Crippen LogP contribution in [-0.4, -0.2) is 19.9 Å². The molecule has 6 rings (SSSR count). The molecule has 0 fully saturated rings. The van der Waals surface area contributed by atoms with Gasteiger partial charge in [0.15, 0.2) is 5.82 Å².